The summed E-state index contributed by atoms with van der Waals surface area (Å²) in [6.45, 7) is 1.48. The molecule has 2 aromatic heterocycles. The van der Waals surface area contributed by atoms with Crippen LogP contribution in [0.4, 0.5) is 5.95 Å². The van der Waals surface area contributed by atoms with Crippen LogP contribution >= 0.6 is 0 Å². The summed E-state index contributed by atoms with van der Waals surface area (Å²) in [6.07, 6.45) is 8.84. The molecule has 8 nitrogen and oxygen atoms in total. The first-order valence-electron chi connectivity index (χ1n) is 7.11. The number of amides is 1. The molecule has 22 heavy (non-hydrogen) atoms. The fourth-order valence-electron chi connectivity index (χ4n) is 2.49. The van der Waals surface area contributed by atoms with Gasteiger partial charge in [-0.3, -0.25) is 4.79 Å². The van der Waals surface area contributed by atoms with Crippen LogP contribution in [0.1, 0.15) is 6.42 Å². The van der Waals surface area contributed by atoms with E-state index < -0.39 is 5.60 Å². The normalized spacial score (nSPS) is 21.0. The summed E-state index contributed by atoms with van der Waals surface area (Å²) in [5, 5.41) is 13.3. The van der Waals surface area contributed by atoms with E-state index in [2.05, 4.69) is 20.3 Å². The van der Waals surface area contributed by atoms with E-state index in [0.29, 0.717) is 25.5 Å². The van der Waals surface area contributed by atoms with Crippen molar-refractivity contribution in [2.24, 2.45) is 0 Å². The molecule has 1 amide bonds. The lowest BCUT2D eigenvalue weighted by Gasteiger charge is -2.23. The monoisotopic (exact) mass is 302 g/mol. The van der Waals surface area contributed by atoms with Crippen molar-refractivity contribution in [1.29, 1.82) is 0 Å². The van der Waals surface area contributed by atoms with Gasteiger partial charge in [0.2, 0.25) is 11.9 Å². The van der Waals surface area contributed by atoms with Gasteiger partial charge in [-0.2, -0.15) is 0 Å². The number of aliphatic hydroxyl groups is 1. The van der Waals surface area contributed by atoms with Crippen molar-refractivity contribution < 1.29 is 9.90 Å². The van der Waals surface area contributed by atoms with Gasteiger partial charge in [0.1, 0.15) is 12.1 Å². The van der Waals surface area contributed by atoms with Gasteiger partial charge < -0.3 is 19.9 Å². The molecule has 0 aliphatic carbocycles. The van der Waals surface area contributed by atoms with Gasteiger partial charge >= 0.3 is 0 Å². The van der Waals surface area contributed by atoms with Crippen LogP contribution in [0.2, 0.25) is 0 Å². The van der Waals surface area contributed by atoms with Crippen molar-refractivity contribution in [3.8, 4) is 0 Å². The van der Waals surface area contributed by atoms with Crippen molar-refractivity contribution in [3.63, 3.8) is 0 Å². The van der Waals surface area contributed by atoms with E-state index in [-0.39, 0.29) is 19.0 Å². The minimum atomic E-state index is -0.955. The highest BCUT2D eigenvalue weighted by Gasteiger charge is 2.37. The Morgan fingerprint density at radius 2 is 2.18 bits per heavy atom. The average Bonchev–Trinajstić information content (AvgIpc) is 3.17. The van der Waals surface area contributed by atoms with Crippen LogP contribution in [0.15, 0.2) is 37.2 Å². The Hall–Kier alpha value is -2.48. The third-order valence-electron chi connectivity index (χ3n) is 3.67. The Balaban J connectivity index is 1.51. The summed E-state index contributed by atoms with van der Waals surface area (Å²) in [7, 11) is 0. The van der Waals surface area contributed by atoms with E-state index in [4.69, 9.17) is 0 Å². The van der Waals surface area contributed by atoms with E-state index in [9.17, 15) is 9.90 Å². The van der Waals surface area contributed by atoms with Gasteiger partial charge in [0.25, 0.3) is 0 Å². The molecule has 8 heteroatoms. The number of nitrogens with one attached hydrogen (secondary N) is 1. The number of anilines is 1. The van der Waals surface area contributed by atoms with Crippen molar-refractivity contribution in [3.05, 3.63) is 37.2 Å². The quantitative estimate of drug-likeness (QED) is 0.768. The Bertz CT molecular complexity index is 618. The first-order valence-corrected chi connectivity index (χ1v) is 7.11. The summed E-state index contributed by atoms with van der Waals surface area (Å²) in [5.74, 6) is 0.448. The van der Waals surface area contributed by atoms with Gasteiger partial charge in [0.15, 0.2) is 0 Å². The summed E-state index contributed by atoms with van der Waals surface area (Å²) in [5.41, 5.74) is -0.955. The minimum absolute atomic E-state index is 0.152. The molecule has 3 rings (SSSR count). The van der Waals surface area contributed by atoms with Crippen molar-refractivity contribution >= 4 is 11.9 Å². The van der Waals surface area contributed by atoms with Crippen LogP contribution in [0.3, 0.4) is 0 Å². The molecule has 0 radical (unpaired) electrons. The zero-order valence-electron chi connectivity index (χ0n) is 12.1. The van der Waals surface area contributed by atoms with Crippen molar-refractivity contribution in [1.82, 2.24) is 24.8 Å². The van der Waals surface area contributed by atoms with E-state index in [1.54, 1.807) is 41.7 Å². The van der Waals surface area contributed by atoms with Crippen LogP contribution in [0.25, 0.3) is 0 Å². The first-order chi connectivity index (χ1) is 10.6. The molecule has 1 saturated heterocycles. The number of β-amino-alcohol motifs (C(OH)–C–C–N with tert-alkyl or cyclic N) is 1. The number of hydrogen-bond acceptors (Lipinski definition) is 6. The molecule has 0 saturated carbocycles. The Kier molecular flexibility index (Phi) is 4.01. The predicted molar refractivity (Wildman–Crippen MR) is 79.0 cm³/mol. The maximum absolute atomic E-state index is 11.9. The Morgan fingerprint density at radius 3 is 2.91 bits per heavy atom. The van der Waals surface area contributed by atoms with Gasteiger partial charge in [0, 0.05) is 37.9 Å². The second-order valence-corrected chi connectivity index (χ2v) is 5.46. The molecule has 1 aliphatic rings. The predicted octanol–water partition coefficient (Wildman–Crippen LogP) is -0.569. The number of carbonyl (C=O) groups excluding carboxylic acids is 1. The number of rotatable bonds is 5. The highest BCUT2D eigenvalue weighted by atomic mass is 16.3. The summed E-state index contributed by atoms with van der Waals surface area (Å²) in [4.78, 5) is 26.0. The molecule has 2 aromatic rings. The van der Waals surface area contributed by atoms with E-state index in [1.165, 1.54) is 0 Å². The molecule has 0 aromatic carbocycles. The first kappa shape index (κ1) is 14.5. The van der Waals surface area contributed by atoms with Crippen LogP contribution in [0.5, 0.6) is 0 Å². The van der Waals surface area contributed by atoms with Crippen molar-refractivity contribution in [2.75, 3.05) is 24.5 Å². The number of imidazole rings is 1. The lowest BCUT2D eigenvalue weighted by molar-refractivity contribution is -0.122. The molecule has 0 bridgehead atoms. The molecular formula is C14H18N6O2. The zero-order chi connectivity index (χ0) is 15.4. The lowest BCUT2D eigenvalue weighted by atomic mass is 10.0. The lowest BCUT2D eigenvalue weighted by Crippen LogP contribution is -2.45. The number of hydrogen-bond donors (Lipinski definition) is 2. The number of carbonyl (C=O) groups is 1. The SMILES string of the molecule is O=C(Cn1ccnc1)NC[C@]1(O)CCN(c2ncccn2)C1. The van der Waals surface area contributed by atoms with Crippen molar-refractivity contribution in [2.45, 2.75) is 18.6 Å². The highest BCUT2D eigenvalue weighted by molar-refractivity contribution is 5.75. The molecule has 0 unspecified atom stereocenters. The maximum atomic E-state index is 11.9. The second kappa shape index (κ2) is 6.10. The third-order valence-corrected chi connectivity index (χ3v) is 3.67. The smallest absolute Gasteiger partial charge is 0.240 e. The molecule has 116 valence electrons. The molecule has 1 aliphatic heterocycles. The van der Waals surface area contributed by atoms with E-state index in [1.807, 2.05) is 4.90 Å². The average molecular weight is 302 g/mol. The van der Waals surface area contributed by atoms with E-state index in [0.717, 1.165) is 0 Å². The number of aromatic nitrogens is 4. The topological polar surface area (TPSA) is 96.2 Å². The van der Waals surface area contributed by atoms with Gasteiger partial charge in [-0.25, -0.2) is 15.0 Å². The largest absolute Gasteiger partial charge is 0.386 e. The van der Waals surface area contributed by atoms with E-state index >= 15 is 0 Å². The highest BCUT2D eigenvalue weighted by Crippen LogP contribution is 2.23. The molecule has 0 spiro atoms. The standard InChI is InChI=1S/C14H18N6O2/c21-12(8-19-7-5-15-11-19)18-9-14(22)2-6-20(10-14)13-16-3-1-4-17-13/h1,3-5,7,11,22H,2,6,8-10H2,(H,18,21)/t14-/m1/s1. The fourth-order valence-corrected chi connectivity index (χ4v) is 2.49. The molecule has 3 heterocycles. The van der Waals surface area contributed by atoms with Gasteiger partial charge in [-0.15, -0.1) is 0 Å². The summed E-state index contributed by atoms with van der Waals surface area (Å²) >= 11 is 0. The Labute approximate surface area is 127 Å². The fraction of sp³-hybridized carbons (Fsp3) is 0.429. The summed E-state index contributed by atoms with van der Waals surface area (Å²) in [6, 6.07) is 1.75. The maximum Gasteiger partial charge on any atom is 0.240 e. The van der Waals surface area contributed by atoms with Crippen LogP contribution < -0.4 is 10.2 Å². The summed E-state index contributed by atoms with van der Waals surface area (Å²) < 4.78 is 1.68. The molecule has 1 fully saturated rings. The second-order valence-electron chi connectivity index (χ2n) is 5.46. The molecule has 1 atom stereocenters. The van der Waals surface area contributed by atoms with Gasteiger partial charge in [-0.05, 0) is 12.5 Å². The van der Waals surface area contributed by atoms with Crippen LogP contribution in [0, 0.1) is 0 Å². The van der Waals surface area contributed by atoms with Crippen LogP contribution in [-0.4, -0.2) is 55.8 Å². The van der Waals surface area contributed by atoms with Gasteiger partial charge in [-0.1, -0.05) is 0 Å². The molecular weight excluding hydrogens is 284 g/mol. The minimum Gasteiger partial charge on any atom is -0.386 e. The number of nitrogens with zero attached hydrogens (tertiary/aromatic N) is 5. The zero-order valence-corrected chi connectivity index (χ0v) is 12.1. The van der Waals surface area contributed by atoms with Crippen LogP contribution in [-0.2, 0) is 11.3 Å². The van der Waals surface area contributed by atoms with Gasteiger partial charge in [0.05, 0.1) is 12.9 Å². The third kappa shape index (κ3) is 3.40. The Morgan fingerprint density at radius 1 is 1.36 bits per heavy atom. The molecule has 2 N–H and O–H groups in total.